The van der Waals surface area contributed by atoms with Crippen molar-refractivity contribution >= 4 is 29.1 Å². The van der Waals surface area contributed by atoms with Gasteiger partial charge in [-0.15, -0.1) is 0 Å². The van der Waals surface area contributed by atoms with Crippen molar-refractivity contribution in [1.82, 2.24) is 0 Å². The van der Waals surface area contributed by atoms with Gasteiger partial charge in [0.15, 0.2) is 0 Å². The molecule has 0 unspecified atom stereocenters. The first-order valence-electron chi connectivity index (χ1n) is 3.25. The molecule has 0 heterocycles. The summed E-state index contributed by atoms with van der Waals surface area (Å²) in [6.07, 6.45) is -1.31. The van der Waals surface area contributed by atoms with E-state index < -0.39 is 11.9 Å². The van der Waals surface area contributed by atoms with E-state index in [1.54, 1.807) is 0 Å². The van der Waals surface area contributed by atoms with E-state index in [0.29, 0.717) is 0 Å². The van der Waals surface area contributed by atoms with Gasteiger partial charge in [-0.3, -0.25) is 5.32 Å². The molecule has 0 aliphatic carbocycles. The normalized spacial score (nSPS) is 9.69. The minimum atomic E-state index is -1.31. The Bertz CT molecular complexity index is 357. The van der Waals surface area contributed by atoms with Crippen LogP contribution < -0.4 is 11.1 Å². The molecule has 0 saturated heterocycles. The van der Waals surface area contributed by atoms with E-state index in [9.17, 15) is 9.18 Å². The zero-order valence-corrected chi connectivity index (χ0v) is 7.10. The summed E-state index contributed by atoms with van der Waals surface area (Å²) in [6, 6.07) is 2.06. The summed E-state index contributed by atoms with van der Waals surface area (Å²) < 4.78 is 12.8. The number of halogens is 2. The molecular weight excluding hydrogens is 199 g/mol. The molecule has 0 fully saturated rings. The molecule has 0 aromatic heterocycles. The molecule has 0 bridgehead atoms. The summed E-state index contributed by atoms with van der Waals surface area (Å²) in [5.41, 5.74) is 5.42. The highest BCUT2D eigenvalue weighted by molar-refractivity contribution is 6.31. The largest absolute Gasteiger partial charge is 0.465 e. The van der Waals surface area contributed by atoms with E-state index in [4.69, 9.17) is 22.4 Å². The lowest BCUT2D eigenvalue weighted by molar-refractivity contribution is 0.210. The van der Waals surface area contributed by atoms with Gasteiger partial charge >= 0.3 is 6.09 Å². The first-order valence-corrected chi connectivity index (χ1v) is 3.63. The minimum absolute atomic E-state index is 0.0191. The molecule has 0 atom stereocenters. The van der Waals surface area contributed by atoms with Crippen LogP contribution in [0.2, 0.25) is 5.02 Å². The summed E-state index contributed by atoms with van der Waals surface area (Å²) in [7, 11) is 0. The molecule has 0 aliphatic rings. The highest BCUT2D eigenvalue weighted by atomic mass is 35.5. The van der Waals surface area contributed by atoms with Crippen LogP contribution in [0.3, 0.4) is 0 Å². The quantitative estimate of drug-likeness (QED) is 0.614. The number of hydrogen-bond donors (Lipinski definition) is 3. The minimum Gasteiger partial charge on any atom is -0.465 e. The summed E-state index contributed by atoms with van der Waals surface area (Å²) in [4.78, 5) is 10.2. The van der Waals surface area contributed by atoms with E-state index in [-0.39, 0.29) is 16.4 Å². The van der Waals surface area contributed by atoms with Gasteiger partial charge in [-0.2, -0.15) is 0 Å². The molecule has 4 nitrogen and oxygen atoms in total. The Morgan fingerprint density at radius 2 is 2.23 bits per heavy atom. The number of carboxylic acid groups (broad SMARTS) is 1. The van der Waals surface area contributed by atoms with Crippen LogP contribution in [0.15, 0.2) is 12.1 Å². The molecule has 13 heavy (non-hydrogen) atoms. The summed E-state index contributed by atoms with van der Waals surface area (Å²) in [5, 5.41) is 10.1. The van der Waals surface area contributed by atoms with Crippen molar-refractivity contribution in [3.8, 4) is 0 Å². The van der Waals surface area contributed by atoms with E-state index >= 15 is 0 Å². The highest BCUT2D eigenvalue weighted by Gasteiger charge is 2.07. The maximum absolute atomic E-state index is 12.8. The van der Waals surface area contributed by atoms with Crippen LogP contribution in [-0.2, 0) is 0 Å². The molecular formula is C7H6ClFN2O2. The number of hydrogen-bond acceptors (Lipinski definition) is 2. The zero-order chi connectivity index (χ0) is 10.0. The van der Waals surface area contributed by atoms with Gasteiger partial charge < -0.3 is 10.8 Å². The standard InChI is InChI=1S/C7H6ClFN2O2/c8-3-1-5(10)6(2-4(3)9)11-7(12)13/h1-2,11H,10H2,(H,12,13). The predicted octanol–water partition coefficient (Wildman–Crippen LogP) is 2.15. The zero-order valence-electron chi connectivity index (χ0n) is 6.34. The predicted molar refractivity (Wildman–Crippen MR) is 47.5 cm³/mol. The topological polar surface area (TPSA) is 75.3 Å². The fourth-order valence-corrected chi connectivity index (χ4v) is 0.958. The number of rotatable bonds is 1. The van der Waals surface area contributed by atoms with Gasteiger partial charge in [0.25, 0.3) is 0 Å². The van der Waals surface area contributed by atoms with Crippen molar-refractivity contribution < 1.29 is 14.3 Å². The molecule has 6 heteroatoms. The average Bonchev–Trinajstić information content (AvgIpc) is 1.99. The van der Waals surface area contributed by atoms with E-state index in [0.717, 1.165) is 12.1 Å². The van der Waals surface area contributed by atoms with Gasteiger partial charge in [0.1, 0.15) is 5.82 Å². The molecule has 1 aromatic carbocycles. The van der Waals surface area contributed by atoms with Crippen molar-refractivity contribution in [3.05, 3.63) is 23.0 Å². The molecule has 4 N–H and O–H groups in total. The Labute approximate surface area is 78.1 Å². The maximum Gasteiger partial charge on any atom is 0.409 e. The second kappa shape index (κ2) is 3.49. The van der Waals surface area contributed by atoms with Crippen molar-refractivity contribution in [1.29, 1.82) is 0 Å². The lowest BCUT2D eigenvalue weighted by atomic mass is 10.2. The fourth-order valence-electron chi connectivity index (χ4n) is 0.786. The van der Waals surface area contributed by atoms with Crippen molar-refractivity contribution in [2.24, 2.45) is 0 Å². The van der Waals surface area contributed by atoms with Crippen LogP contribution in [0.4, 0.5) is 20.6 Å². The van der Waals surface area contributed by atoms with Crippen molar-refractivity contribution in [3.63, 3.8) is 0 Å². The van der Waals surface area contributed by atoms with Gasteiger partial charge in [-0.25, -0.2) is 9.18 Å². The number of amides is 1. The van der Waals surface area contributed by atoms with Crippen LogP contribution >= 0.6 is 11.6 Å². The van der Waals surface area contributed by atoms with E-state index in [1.807, 2.05) is 5.32 Å². The van der Waals surface area contributed by atoms with E-state index in [2.05, 4.69) is 0 Å². The summed E-state index contributed by atoms with van der Waals surface area (Å²) in [5.74, 6) is -0.723. The molecule has 1 amide bonds. The fraction of sp³-hybridized carbons (Fsp3) is 0. The lowest BCUT2D eigenvalue weighted by Gasteiger charge is -2.05. The molecule has 0 saturated carbocycles. The van der Waals surface area contributed by atoms with Gasteiger partial charge in [0.05, 0.1) is 16.4 Å². The molecule has 70 valence electrons. The van der Waals surface area contributed by atoms with Crippen LogP contribution in [0.5, 0.6) is 0 Å². The molecule has 0 aliphatic heterocycles. The number of nitrogen functional groups attached to an aromatic ring is 1. The van der Waals surface area contributed by atoms with Gasteiger partial charge in [0, 0.05) is 6.07 Å². The van der Waals surface area contributed by atoms with Crippen molar-refractivity contribution in [2.45, 2.75) is 0 Å². The third-order valence-electron chi connectivity index (χ3n) is 1.33. The first-order chi connectivity index (χ1) is 6.00. The smallest absolute Gasteiger partial charge is 0.409 e. The molecule has 1 aromatic rings. The van der Waals surface area contributed by atoms with Crippen LogP contribution in [0.25, 0.3) is 0 Å². The Balaban J connectivity index is 3.08. The second-order valence-corrected chi connectivity index (χ2v) is 2.69. The van der Waals surface area contributed by atoms with Crippen LogP contribution in [0, 0.1) is 5.82 Å². The van der Waals surface area contributed by atoms with Crippen molar-refractivity contribution in [2.75, 3.05) is 11.1 Å². The Hall–Kier alpha value is -1.49. The summed E-state index contributed by atoms with van der Waals surface area (Å²) >= 11 is 5.39. The second-order valence-electron chi connectivity index (χ2n) is 2.28. The monoisotopic (exact) mass is 204 g/mol. The Kier molecular flexibility index (Phi) is 2.57. The Morgan fingerprint density at radius 3 is 2.77 bits per heavy atom. The van der Waals surface area contributed by atoms with E-state index in [1.165, 1.54) is 0 Å². The number of nitrogens with two attached hydrogens (primary N) is 1. The number of anilines is 2. The highest BCUT2D eigenvalue weighted by Crippen LogP contribution is 2.25. The molecule has 0 spiro atoms. The Morgan fingerprint density at radius 1 is 1.62 bits per heavy atom. The van der Waals surface area contributed by atoms with Gasteiger partial charge in [-0.1, -0.05) is 11.6 Å². The van der Waals surface area contributed by atoms with Crippen LogP contribution in [-0.4, -0.2) is 11.2 Å². The number of carbonyl (C=O) groups is 1. The summed E-state index contributed by atoms with van der Waals surface area (Å²) in [6.45, 7) is 0. The van der Waals surface area contributed by atoms with Crippen LogP contribution in [0.1, 0.15) is 0 Å². The molecule has 1 rings (SSSR count). The number of nitrogens with one attached hydrogen (secondary N) is 1. The lowest BCUT2D eigenvalue weighted by Crippen LogP contribution is -2.09. The third-order valence-corrected chi connectivity index (χ3v) is 1.62. The van der Waals surface area contributed by atoms with Gasteiger partial charge in [-0.05, 0) is 6.07 Å². The molecule has 0 radical (unpaired) electrons. The average molecular weight is 205 g/mol. The SMILES string of the molecule is Nc1cc(Cl)c(F)cc1NC(=O)O. The van der Waals surface area contributed by atoms with Gasteiger partial charge in [0.2, 0.25) is 0 Å². The number of benzene rings is 1. The maximum atomic E-state index is 12.8. The third kappa shape index (κ3) is 2.22. The first kappa shape index (κ1) is 9.60.